The fourth-order valence-corrected chi connectivity index (χ4v) is 0.766. The molecule has 0 aromatic rings. The zero-order valence-corrected chi connectivity index (χ0v) is 6.56. The van der Waals surface area contributed by atoms with Crippen LogP contribution in [-0.2, 0) is 4.79 Å². The highest BCUT2D eigenvalue weighted by Crippen LogP contribution is 2.11. The summed E-state index contributed by atoms with van der Waals surface area (Å²) in [5, 5.41) is 11.9. The smallest absolute Gasteiger partial charge is 0.306 e. The average Bonchev–Trinajstić information content (AvgIpc) is 1.98. The topological polar surface area (TPSA) is 86.1 Å². The van der Waals surface area contributed by atoms with Gasteiger partial charge in [0.1, 0.15) is 0 Å². The molecule has 0 saturated carbocycles. The molecule has 0 heterocycles. The predicted octanol–water partition coefficient (Wildman–Crippen LogP) is 1.80. The van der Waals surface area contributed by atoms with Gasteiger partial charge in [0, 0.05) is 4.91 Å². The molecular weight excluding hydrogens is 146 g/mol. The van der Waals surface area contributed by atoms with Crippen molar-refractivity contribution in [3.05, 3.63) is 10.4 Å². The van der Waals surface area contributed by atoms with Crippen LogP contribution in [0.4, 0.5) is 0 Å². The van der Waals surface area contributed by atoms with Crippen molar-refractivity contribution in [1.82, 2.24) is 0 Å². The van der Waals surface area contributed by atoms with Gasteiger partial charge in [-0.15, -0.1) is 0 Å². The quantitative estimate of drug-likeness (QED) is 0.383. The molecule has 5 nitrogen and oxygen atoms in total. The maximum Gasteiger partial charge on any atom is 0.306 e. The minimum absolute atomic E-state index is 0.433. The van der Waals surface area contributed by atoms with Crippen molar-refractivity contribution in [3.8, 4) is 0 Å². The van der Waals surface area contributed by atoms with Gasteiger partial charge < -0.3 is 5.11 Å². The second-order valence-electron chi connectivity index (χ2n) is 2.31. The summed E-state index contributed by atoms with van der Waals surface area (Å²) in [6.45, 7) is 3.32. The number of carbonyl (C=O) groups is 1. The predicted molar refractivity (Wildman–Crippen MR) is 40.0 cm³/mol. The van der Waals surface area contributed by atoms with Crippen molar-refractivity contribution in [1.29, 1.82) is 0 Å². The Balaban J connectivity index is 4.24. The molecule has 0 unspecified atom stereocenters. The summed E-state index contributed by atoms with van der Waals surface area (Å²) in [5.74, 6) is -1.53. The van der Waals surface area contributed by atoms with E-state index in [0.717, 1.165) is 0 Å². The van der Waals surface area contributed by atoms with Crippen LogP contribution in [0.15, 0.2) is 5.11 Å². The number of carboxylic acids is 1. The van der Waals surface area contributed by atoms with Crippen LogP contribution in [-0.4, -0.2) is 17.1 Å². The lowest BCUT2D eigenvalue weighted by Crippen LogP contribution is -2.22. The van der Waals surface area contributed by atoms with Gasteiger partial charge in [-0.25, -0.2) is 0 Å². The van der Waals surface area contributed by atoms with Gasteiger partial charge in [-0.1, -0.05) is 19.0 Å². The first-order valence-electron chi connectivity index (χ1n) is 3.40. The number of carboxylic acid groups (broad SMARTS) is 1. The van der Waals surface area contributed by atoms with E-state index in [9.17, 15) is 4.79 Å². The molecule has 0 spiro atoms. The molecule has 2 atom stereocenters. The normalized spacial score (nSPS) is 14.7. The molecule has 0 aliphatic carbocycles. The van der Waals surface area contributed by atoms with Gasteiger partial charge in [-0.3, -0.25) is 4.79 Å². The summed E-state index contributed by atoms with van der Waals surface area (Å²) < 4.78 is 0. The third-order valence-corrected chi connectivity index (χ3v) is 1.58. The monoisotopic (exact) mass is 157 g/mol. The molecule has 0 amide bonds. The SMILES string of the molecule is CC[C@@H](N=[N+]=[N-])[C@@H](C)C(=O)O. The van der Waals surface area contributed by atoms with Crippen molar-refractivity contribution >= 4 is 5.97 Å². The van der Waals surface area contributed by atoms with Crippen LogP contribution in [0.25, 0.3) is 10.4 Å². The number of hydrogen-bond acceptors (Lipinski definition) is 2. The number of aliphatic carboxylic acids is 1. The Hall–Kier alpha value is -1.22. The first-order valence-corrected chi connectivity index (χ1v) is 3.40. The minimum Gasteiger partial charge on any atom is -0.481 e. The zero-order valence-electron chi connectivity index (χ0n) is 6.56. The van der Waals surface area contributed by atoms with Crippen molar-refractivity contribution in [3.63, 3.8) is 0 Å². The van der Waals surface area contributed by atoms with E-state index in [1.54, 1.807) is 6.92 Å². The van der Waals surface area contributed by atoms with Gasteiger partial charge in [-0.2, -0.15) is 0 Å². The fraction of sp³-hybridized carbons (Fsp3) is 0.833. The summed E-state index contributed by atoms with van der Waals surface area (Å²) in [7, 11) is 0. The van der Waals surface area contributed by atoms with E-state index in [-0.39, 0.29) is 0 Å². The molecule has 62 valence electrons. The van der Waals surface area contributed by atoms with Gasteiger partial charge in [0.05, 0.1) is 12.0 Å². The fourth-order valence-electron chi connectivity index (χ4n) is 0.766. The lowest BCUT2D eigenvalue weighted by atomic mass is 10.0. The van der Waals surface area contributed by atoms with Gasteiger partial charge in [0.15, 0.2) is 0 Å². The van der Waals surface area contributed by atoms with Crippen LogP contribution in [0.3, 0.4) is 0 Å². The number of hydrogen-bond donors (Lipinski definition) is 1. The van der Waals surface area contributed by atoms with E-state index in [4.69, 9.17) is 10.6 Å². The lowest BCUT2D eigenvalue weighted by molar-refractivity contribution is -0.141. The highest BCUT2D eigenvalue weighted by atomic mass is 16.4. The molecule has 0 radical (unpaired) electrons. The zero-order chi connectivity index (χ0) is 8.85. The largest absolute Gasteiger partial charge is 0.481 e. The van der Waals surface area contributed by atoms with Crippen molar-refractivity contribution in [2.24, 2.45) is 11.0 Å². The standard InChI is InChI=1S/C6H11N3O2/c1-3-5(8-9-7)4(2)6(10)11/h4-5H,3H2,1-2H3,(H,10,11)/t4-,5-/m1/s1. The summed E-state index contributed by atoms with van der Waals surface area (Å²) in [5.41, 5.74) is 8.06. The van der Waals surface area contributed by atoms with Crippen molar-refractivity contribution in [2.45, 2.75) is 26.3 Å². The molecule has 0 aromatic carbocycles. The number of azide groups is 1. The van der Waals surface area contributed by atoms with E-state index in [0.29, 0.717) is 6.42 Å². The molecule has 5 heteroatoms. The Labute approximate surface area is 64.7 Å². The van der Waals surface area contributed by atoms with E-state index in [1.165, 1.54) is 6.92 Å². The highest BCUT2D eigenvalue weighted by Gasteiger charge is 2.20. The van der Waals surface area contributed by atoms with Crippen LogP contribution in [0.2, 0.25) is 0 Å². The van der Waals surface area contributed by atoms with Crippen molar-refractivity contribution in [2.75, 3.05) is 0 Å². The molecule has 0 aliphatic rings. The molecular formula is C6H11N3O2. The molecule has 0 aromatic heterocycles. The lowest BCUT2D eigenvalue weighted by Gasteiger charge is -2.11. The number of rotatable bonds is 4. The summed E-state index contributed by atoms with van der Waals surface area (Å²) in [6.07, 6.45) is 0.553. The third-order valence-electron chi connectivity index (χ3n) is 1.58. The maximum absolute atomic E-state index is 10.4. The molecule has 0 aliphatic heterocycles. The minimum atomic E-state index is -0.927. The Morgan fingerprint density at radius 2 is 2.36 bits per heavy atom. The maximum atomic E-state index is 10.4. The van der Waals surface area contributed by atoms with E-state index < -0.39 is 17.9 Å². The third kappa shape index (κ3) is 2.91. The Morgan fingerprint density at radius 1 is 1.82 bits per heavy atom. The molecule has 11 heavy (non-hydrogen) atoms. The first-order chi connectivity index (χ1) is 5.13. The van der Waals surface area contributed by atoms with Crippen LogP contribution in [0, 0.1) is 5.92 Å². The van der Waals surface area contributed by atoms with Crippen LogP contribution in [0.1, 0.15) is 20.3 Å². The van der Waals surface area contributed by atoms with E-state index >= 15 is 0 Å². The Morgan fingerprint density at radius 3 is 2.64 bits per heavy atom. The van der Waals surface area contributed by atoms with Gasteiger partial charge in [-0.05, 0) is 12.0 Å². The molecule has 0 bridgehead atoms. The second-order valence-corrected chi connectivity index (χ2v) is 2.31. The van der Waals surface area contributed by atoms with Gasteiger partial charge in [0.2, 0.25) is 0 Å². The van der Waals surface area contributed by atoms with E-state index in [2.05, 4.69) is 10.0 Å². The first kappa shape index (κ1) is 9.78. The highest BCUT2D eigenvalue weighted by molar-refractivity contribution is 5.70. The summed E-state index contributed by atoms with van der Waals surface area (Å²) in [6, 6.07) is -0.433. The second kappa shape index (κ2) is 4.57. The Bertz CT molecular complexity index is 186. The van der Waals surface area contributed by atoms with Gasteiger partial charge in [0.25, 0.3) is 0 Å². The van der Waals surface area contributed by atoms with Crippen molar-refractivity contribution < 1.29 is 9.90 Å². The Kier molecular flexibility index (Phi) is 4.07. The van der Waals surface area contributed by atoms with Crippen LogP contribution < -0.4 is 0 Å². The summed E-state index contributed by atoms with van der Waals surface area (Å²) in [4.78, 5) is 13.0. The van der Waals surface area contributed by atoms with E-state index in [1.807, 2.05) is 0 Å². The van der Waals surface area contributed by atoms with Gasteiger partial charge >= 0.3 is 5.97 Å². The molecule has 0 saturated heterocycles. The van der Waals surface area contributed by atoms with Crippen LogP contribution >= 0.6 is 0 Å². The average molecular weight is 157 g/mol. The molecule has 0 rings (SSSR count). The number of nitrogens with zero attached hydrogens (tertiary/aromatic N) is 3. The summed E-state index contributed by atoms with van der Waals surface area (Å²) >= 11 is 0. The van der Waals surface area contributed by atoms with Crippen LogP contribution in [0.5, 0.6) is 0 Å². The molecule has 1 N–H and O–H groups in total. The molecule has 0 fully saturated rings.